The number of para-hydroxylation sites is 1. The normalized spacial score (nSPS) is 16.9. The Hall–Kier alpha value is -1.84. The first-order valence-corrected chi connectivity index (χ1v) is 6.34. The van der Waals surface area contributed by atoms with Gasteiger partial charge in [-0.05, 0) is 25.0 Å². The minimum absolute atomic E-state index is 0.129. The van der Waals surface area contributed by atoms with E-state index in [1.54, 1.807) is 24.3 Å². The van der Waals surface area contributed by atoms with Crippen molar-refractivity contribution in [3.8, 4) is 5.75 Å². The Labute approximate surface area is 107 Å². The van der Waals surface area contributed by atoms with Crippen LogP contribution in [0.15, 0.2) is 30.3 Å². The topological polar surface area (TPSA) is 46.6 Å². The van der Waals surface area contributed by atoms with Gasteiger partial charge in [0.1, 0.15) is 5.75 Å². The molecule has 0 radical (unpaired) electrons. The summed E-state index contributed by atoms with van der Waals surface area (Å²) >= 11 is 0. The van der Waals surface area contributed by atoms with E-state index in [2.05, 4.69) is 0 Å². The van der Waals surface area contributed by atoms with E-state index in [-0.39, 0.29) is 5.91 Å². The molecule has 4 nitrogen and oxygen atoms in total. The van der Waals surface area contributed by atoms with Crippen molar-refractivity contribution < 1.29 is 14.3 Å². The van der Waals surface area contributed by atoms with Gasteiger partial charge in [-0.25, -0.2) is 9.69 Å². The van der Waals surface area contributed by atoms with Crippen LogP contribution in [0.3, 0.4) is 0 Å². The average Bonchev–Trinajstić information content (AvgIpc) is 2.35. The van der Waals surface area contributed by atoms with Gasteiger partial charge in [0, 0.05) is 13.0 Å². The molecule has 4 heteroatoms. The fourth-order valence-corrected chi connectivity index (χ4v) is 2.00. The van der Waals surface area contributed by atoms with Gasteiger partial charge in [-0.2, -0.15) is 0 Å². The first-order valence-electron chi connectivity index (χ1n) is 6.34. The van der Waals surface area contributed by atoms with Crippen LogP contribution in [-0.2, 0) is 4.79 Å². The Morgan fingerprint density at radius 1 is 1.06 bits per heavy atom. The van der Waals surface area contributed by atoms with Crippen molar-refractivity contribution in [2.45, 2.75) is 32.1 Å². The lowest BCUT2D eigenvalue weighted by Gasteiger charge is -2.22. The number of benzene rings is 1. The molecule has 0 aromatic heterocycles. The second-order valence-corrected chi connectivity index (χ2v) is 4.39. The maximum Gasteiger partial charge on any atom is 0.421 e. The quantitative estimate of drug-likeness (QED) is 0.766. The van der Waals surface area contributed by atoms with Gasteiger partial charge in [0.05, 0.1) is 0 Å². The van der Waals surface area contributed by atoms with Crippen molar-refractivity contribution >= 4 is 12.0 Å². The largest absolute Gasteiger partial charge is 0.421 e. The molecular weight excluding hydrogens is 230 g/mol. The molecule has 0 bridgehead atoms. The van der Waals surface area contributed by atoms with Crippen molar-refractivity contribution in [2.24, 2.45) is 0 Å². The van der Waals surface area contributed by atoms with Gasteiger partial charge in [0.2, 0.25) is 5.91 Å². The number of nitrogens with zero attached hydrogens (tertiary/aromatic N) is 1. The summed E-state index contributed by atoms with van der Waals surface area (Å²) in [6.45, 7) is 0.463. The molecule has 96 valence electrons. The molecular formula is C14H17NO3. The van der Waals surface area contributed by atoms with Crippen LogP contribution >= 0.6 is 0 Å². The maximum atomic E-state index is 11.9. The molecule has 1 aromatic rings. The predicted octanol–water partition coefficient (Wildman–Crippen LogP) is 2.98. The molecule has 1 aliphatic rings. The highest BCUT2D eigenvalue weighted by Gasteiger charge is 2.23. The third-order valence-corrected chi connectivity index (χ3v) is 2.99. The van der Waals surface area contributed by atoms with Crippen molar-refractivity contribution in [1.82, 2.24) is 4.90 Å². The third kappa shape index (κ3) is 3.32. The molecule has 0 spiro atoms. The molecule has 1 aliphatic heterocycles. The van der Waals surface area contributed by atoms with Gasteiger partial charge in [-0.3, -0.25) is 4.79 Å². The van der Waals surface area contributed by atoms with Crippen LogP contribution in [0, 0.1) is 0 Å². The fourth-order valence-electron chi connectivity index (χ4n) is 2.00. The summed E-state index contributed by atoms with van der Waals surface area (Å²) in [7, 11) is 0. The van der Waals surface area contributed by atoms with Gasteiger partial charge in [-0.1, -0.05) is 31.0 Å². The molecule has 2 rings (SSSR count). The van der Waals surface area contributed by atoms with E-state index in [9.17, 15) is 9.59 Å². The second-order valence-electron chi connectivity index (χ2n) is 4.39. The first kappa shape index (κ1) is 12.6. The number of hydrogen-bond acceptors (Lipinski definition) is 3. The van der Waals surface area contributed by atoms with Crippen LogP contribution in [0.2, 0.25) is 0 Å². The van der Waals surface area contributed by atoms with Crippen LogP contribution < -0.4 is 4.74 Å². The summed E-state index contributed by atoms with van der Waals surface area (Å²) < 4.78 is 5.19. The Morgan fingerprint density at radius 2 is 1.78 bits per heavy atom. The van der Waals surface area contributed by atoms with Gasteiger partial charge < -0.3 is 4.74 Å². The minimum Gasteiger partial charge on any atom is -0.410 e. The summed E-state index contributed by atoms with van der Waals surface area (Å²) in [5, 5.41) is 0. The lowest BCUT2D eigenvalue weighted by Crippen LogP contribution is -2.40. The number of ether oxygens (including phenoxy) is 1. The van der Waals surface area contributed by atoms with Crippen LogP contribution in [0.5, 0.6) is 5.75 Å². The molecule has 1 saturated heterocycles. The highest BCUT2D eigenvalue weighted by Crippen LogP contribution is 2.15. The van der Waals surface area contributed by atoms with E-state index in [1.165, 1.54) is 4.90 Å². The summed E-state index contributed by atoms with van der Waals surface area (Å²) in [5.41, 5.74) is 0. The fraction of sp³-hybridized carbons (Fsp3) is 0.429. The smallest absolute Gasteiger partial charge is 0.410 e. The van der Waals surface area contributed by atoms with Gasteiger partial charge in [-0.15, -0.1) is 0 Å². The molecule has 0 saturated carbocycles. The number of likely N-dealkylation sites (tertiary alicyclic amines) is 1. The summed E-state index contributed by atoms with van der Waals surface area (Å²) in [4.78, 5) is 25.0. The Morgan fingerprint density at radius 3 is 2.56 bits per heavy atom. The van der Waals surface area contributed by atoms with Crippen LogP contribution in [-0.4, -0.2) is 23.4 Å². The van der Waals surface area contributed by atoms with Gasteiger partial charge >= 0.3 is 6.09 Å². The molecule has 0 atom stereocenters. The van der Waals surface area contributed by atoms with E-state index >= 15 is 0 Å². The standard InChI is InChI=1S/C14H17NO3/c16-13-10-6-1-2-7-11-15(13)14(17)18-12-8-4-3-5-9-12/h3-5,8-9H,1-2,6-7,10-11H2. The van der Waals surface area contributed by atoms with E-state index in [1.807, 2.05) is 6.07 Å². The Balaban J connectivity index is 2.00. The van der Waals surface area contributed by atoms with Gasteiger partial charge in [0.25, 0.3) is 0 Å². The third-order valence-electron chi connectivity index (χ3n) is 2.99. The number of amides is 2. The Bertz CT molecular complexity index is 416. The highest BCUT2D eigenvalue weighted by molar-refractivity contribution is 5.92. The van der Waals surface area contributed by atoms with E-state index in [0.717, 1.165) is 25.7 Å². The first-order chi connectivity index (χ1) is 8.77. The summed E-state index contributed by atoms with van der Waals surface area (Å²) in [6.07, 6.45) is 3.71. The lowest BCUT2D eigenvalue weighted by molar-refractivity contribution is -0.129. The van der Waals surface area contributed by atoms with Crippen LogP contribution in [0.1, 0.15) is 32.1 Å². The van der Waals surface area contributed by atoms with Crippen LogP contribution in [0.25, 0.3) is 0 Å². The molecule has 0 N–H and O–H groups in total. The number of imide groups is 1. The number of rotatable bonds is 1. The van der Waals surface area contributed by atoms with E-state index in [0.29, 0.717) is 18.7 Å². The summed E-state index contributed by atoms with van der Waals surface area (Å²) in [5.74, 6) is 0.341. The molecule has 1 aromatic carbocycles. The highest BCUT2D eigenvalue weighted by atomic mass is 16.6. The molecule has 18 heavy (non-hydrogen) atoms. The molecule has 0 aliphatic carbocycles. The van der Waals surface area contributed by atoms with Crippen LogP contribution in [0.4, 0.5) is 4.79 Å². The molecule has 1 fully saturated rings. The van der Waals surface area contributed by atoms with Crippen molar-refractivity contribution in [1.29, 1.82) is 0 Å². The molecule has 2 amide bonds. The predicted molar refractivity (Wildman–Crippen MR) is 67.3 cm³/mol. The zero-order chi connectivity index (χ0) is 12.8. The zero-order valence-electron chi connectivity index (χ0n) is 10.3. The monoisotopic (exact) mass is 247 g/mol. The zero-order valence-corrected chi connectivity index (χ0v) is 10.3. The maximum absolute atomic E-state index is 11.9. The van der Waals surface area contributed by atoms with Crippen molar-refractivity contribution in [3.63, 3.8) is 0 Å². The van der Waals surface area contributed by atoms with Crippen molar-refractivity contribution in [3.05, 3.63) is 30.3 Å². The van der Waals surface area contributed by atoms with E-state index in [4.69, 9.17) is 4.74 Å². The number of carbonyl (C=O) groups excluding carboxylic acids is 2. The second kappa shape index (κ2) is 6.19. The number of hydrogen-bond donors (Lipinski definition) is 0. The van der Waals surface area contributed by atoms with Crippen molar-refractivity contribution in [2.75, 3.05) is 6.54 Å². The van der Waals surface area contributed by atoms with Gasteiger partial charge in [0.15, 0.2) is 0 Å². The molecule has 0 unspecified atom stereocenters. The summed E-state index contributed by atoms with van der Waals surface area (Å²) in [6, 6.07) is 8.83. The minimum atomic E-state index is -0.562. The van der Waals surface area contributed by atoms with E-state index < -0.39 is 6.09 Å². The number of carbonyl (C=O) groups is 2. The average molecular weight is 247 g/mol. The Kier molecular flexibility index (Phi) is 4.34. The molecule has 1 heterocycles. The SMILES string of the molecule is O=C1CCCCCCN1C(=O)Oc1ccccc1. The lowest BCUT2D eigenvalue weighted by atomic mass is 10.1.